The van der Waals surface area contributed by atoms with Crippen LogP contribution in [0.15, 0.2) is 30.3 Å². The van der Waals surface area contributed by atoms with Gasteiger partial charge in [0, 0.05) is 26.2 Å². The highest BCUT2D eigenvalue weighted by Crippen LogP contribution is 2.41. The Morgan fingerprint density at radius 1 is 1.11 bits per heavy atom. The quantitative estimate of drug-likeness (QED) is 0.358. The number of aryl methyl sites for hydroxylation is 1. The van der Waals surface area contributed by atoms with Crippen molar-refractivity contribution in [3.63, 3.8) is 0 Å². The largest absolute Gasteiger partial charge is 0.491 e. The lowest BCUT2D eigenvalue weighted by Crippen LogP contribution is -2.35. The van der Waals surface area contributed by atoms with Crippen molar-refractivity contribution >= 4 is 23.5 Å². The van der Waals surface area contributed by atoms with E-state index in [0.29, 0.717) is 5.92 Å². The SMILES string of the molecule is Cc1cc(CN(CC2CCCCC2)C2CCc3c2ccc(Cl)c3F)ccc1OCCN1C(=O)CN(C)C1=O. The Morgan fingerprint density at radius 3 is 2.61 bits per heavy atom. The molecule has 0 radical (unpaired) electrons. The fraction of sp³-hybridized carbons (Fsp3) is 0.533. The summed E-state index contributed by atoms with van der Waals surface area (Å²) < 4.78 is 20.7. The number of fused-ring (bicyclic) bond motifs is 1. The summed E-state index contributed by atoms with van der Waals surface area (Å²) in [4.78, 5) is 29.3. The predicted octanol–water partition coefficient (Wildman–Crippen LogP) is 6.13. The van der Waals surface area contributed by atoms with Crippen LogP contribution in [-0.2, 0) is 17.8 Å². The molecule has 6 nitrogen and oxygen atoms in total. The van der Waals surface area contributed by atoms with E-state index in [1.54, 1.807) is 13.1 Å². The van der Waals surface area contributed by atoms with Gasteiger partial charge < -0.3 is 9.64 Å². The molecule has 2 fully saturated rings. The second-order valence-corrected chi connectivity index (χ2v) is 11.5. The van der Waals surface area contributed by atoms with Crippen molar-refractivity contribution in [2.45, 2.75) is 64.5 Å². The summed E-state index contributed by atoms with van der Waals surface area (Å²) in [7, 11) is 1.62. The Bertz CT molecular complexity index is 1200. The van der Waals surface area contributed by atoms with E-state index < -0.39 is 0 Å². The lowest BCUT2D eigenvalue weighted by atomic mass is 9.88. The number of hydrogen-bond acceptors (Lipinski definition) is 4. The van der Waals surface area contributed by atoms with Gasteiger partial charge in [0.05, 0.1) is 11.6 Å². The first-order valence-corrected chi connectivity index (χ1v) is 14.2. The van der Waals surface area contributed by atoms with Crippen molar-refractivity contribution in [1.82, 2.24) is 14.7 Å². The number of ether oxygens (including phenoxy) is 1. The molecule has 5 rings (SSSR count). The van der Waals surface area contributed by atoms with Crippen molar-refractivity contribution in [3.8, 4) is 5.75 Å². The number of halogens is 2. The molecule has 3 amide bonds. The molecule has 1 unspecified atom stereocenters. The maximum atomic E-state index is 14.8. The molecule has 0 N–H and O–H groups in total. The standard InChI is InChI=1S/C30H37ClFN3O3/c1-20-16-22(8-13-27(20)38-15-14-35-28(36)19-33(2)30(35)37)18-34(17-21-6-4-3-5-7-21)26-12-10-24-23(26)9-11-25(31)29(24)32/h8-9,11,13,16,21,26H,3-7,10,12,14-15,17-19H2,1-2H3. The van der Waals surface area contributed by atoms with E-state index in [2.05, 4.69) is 17.0 Å². The second-order valence-electron chi connectivity index (χ2n) is 11.0. The van der Waals surface area contributed by atoms with E-state index in [9.17, 15) is 14.0 Å². The number of benzene rings is 2. The third-order valence-electron chi connectivity index (χ3n) is 8.35. The maximum Gasteiger partial charge on any atom is 0.327 e. The van der Waals surface area contributed by atoms with Crippen LogP contribution in [0.3, 0.4) is 0 Å². The lowest BCUT2D eigenvalue weighted by molar-refractivity contribution is -0.125. The number of likely N-dealkylation sites (N-methyl/N-ethyl adjacent to an activating group) is 1. The molecule has 2 aliphatic carbocycles. The summed E-state index contributed by atoms with van der Waals surface area (Å²) in [6, 6.07) is 9.84. The monoisotopic (exact) mass is 541 g/mol. The Hall–Kier alpha value is -2.64. The number of amides is 3. The molecule has 1 saturated carbocycles. The lowest BCUT2D eigenvalue weighted by Gasteiger charge is -2.34. The second kappa shape index (κ2) is 11.6. The van der Waals surface area contributed by atoms with Crippen LogP contribution in [0.5, 0.6) is 5.75 Å². The van der Waals surface area contributed by atoms with Crippen LogP contribution < -0.4 is 4.74 Å². The highest BCUT2D eigenvalue weighted by molar-refractivity contribution is 6.30. The molecular formula is C30H37ClFN3O3. The van der Waals surface area contributed by atoms with Gasteiger partial charge in [0.15, 0.2) is 0 Å². The summed E-state index contributed by atoms with van der Waals surface area (Å²) in [5, 5.41) is 0.208. The third kappa shape index (κ3) is 5.69. The van der Waals surface area contributed by atoms with Crippen LogP contribution in [0.4, 0.5) is 9.18 Å². The van der Waals surface area contributed by atoms with Gasteiger partial charge in [-0.15, -0.1) is 0 Å². The maximum absolute atomic E-state index is 14.8. The Morgan fingerprint density at radius 2 is 1.89 bits per heavy atom. The van der Waals surface area contributed by atoms with Crippen molar-refractivity contribution in [1.29, 1.82) is 0 Å². The van der Waals surface area contributed by atoms with Gasteiger partial charge in [-0.2, -0.15) is 0 Å². The smallest absolute Gasteiger partial charge is 0.327 e. The van der Waals surface area contributed by atoms with E-state index in [0.717, 1.165) is 48.4 Å². The van der Waals surface area contributed by atoms with Crippen molar-refractivity contribution < 1.29 is 18.7 Å². The summed E-state index contributed by atoms with van der Waals surface area (Å²) in [5.74, 6) is 0.971. The zero-order valence-electron chi connectivity index (χ0n) is 22.3. The molecule has 38 heavy (non-hydrogen) atoms. The molecule has 0 aromatic heterocycles. The Kier molecular flexibility index (Phi) is 8.24. The third-order valence-corrected chi connectivity index (χ3v) is 8.64. The summed E-state index contributed by atoms with van der Waals surface area (Å²) in [6.45, 7) is 4.43. The van der Waals surface area contributed by atoms with Crippen LogP contribution in [0.25, 0.3) is 0 Å². The summed E-state index contributed by atoms with van der Waals surface area (Å²) in [6.07, 6.45) is 8.05. The number of rotatable bonds is 9. The highest BCUT2D eigenvalue weighted by Gasteiger charge is 2.34. The minimum atomic E-state index is -0.278. The molecule has 2 aromatic carbocycles. The van der Waals surface area contributed by atoms with Gasteiger partial charge in [-0.1, -0.05) is 49.1 Å². The van der Waals surface area contributed by atoms with Gasteiger partial charge in [0.25, 0.3) is 0 Å². The minimum absolute atomic E-state index is 0.120. The number of urea groups is 1. The van der Waals surface area contributed by atoms with Crippen LogP contribution >= 0.6 is 11.6 Å². The topological polar surface area (TPSA) is 53.1 Å². The van der Waals surface area contributed by atoms with Gasteiger partial charge in [0.1, 0.15) is 24.7 Å². The van der Waals surface area contributed by atoms with E-state index in [-0.39, 0.29) is 48.5 Å². The van der Waals surface area contributed by atoms with E-state index in [4.69, 9.17) is 16.3 Å². The molecule has 0 bridgehead atoms. The summed E-state index contributed by atoms with van der Waals surface area (Å²) in [5.41, 5.74) is 4.06. The fourth-order valence-corrected chi connectivity index (χ4v) is 6.51. The Balaban J connectivity index is 1.28. The molecule has 0 spiro atoms. The van der Waals surface area contributed by atoms with E-state index in [1.165, 1.54) is 47.5 Å². The average molecular weight is 542 g/mol. The van der Waals surface area contributed by atoms with Crippen molar-refractivity contribution in [2.75, 3.05) is 33.3 Å². The minimum Gasteiger partial charge on any atom is -0.491 e. The zero-order chi connectivity index (χ0) is 26.8. The van der Waals surface area contributed by atoms with Crippen LogP contribution in [0, 0.1) is 18.7 Å². The van der Waals surface area contributed by atoms with Crippen LogP contribution in [-0.4, -0.2) is 59.9 Å². The fourth-order valence-electron chi connectivity index (χ4n) is 6.34. The molecule has 1 saturated heterocycles. The molecular weight excluding hydrogens is 505 g/mol. The average Bonchev–Trinajstić information content (AvgIpc) is 3.44. The predicted molar refractivity (Wildman–Crippen MR) is 146 cm³/mol. The molecule has 3 aliphatic rings. The number of carbonyl (C=O) groups excluding carboxylic acids is 2. The molecule has 204 valence electrons. The number of nitrogens with zero attached hydrogens (tertiary/aromatic N) is 3. The van der Waals surface area contributed by atoms with Crippen LogP contribution in [0.1, 0.15) is 66.8 Å². The zero-order valence-corrected chi connectivity index (χ0v) is 23.1. The number of carbonyl (C=O) groups is 2. The number of imide groups is 1. The van der Waals surface area contributed by atoms with Gasteiger partial charge in [-0.25, -0.2) is 9.18 Å². The molecule has 1 atom stereocenters. The Labute approximate surface area is 229 Å². The molecule has 1 aliphatic heterocycles. The first-order valence-electron chi connectivity index (χ1n) is 13.8. The van der Waals surface area contributed by atoms with Crippen molar-refractivity contribution in [2.24, 2.45) is 5.92 Å². The molecule has 8 heteroatoms. The van der Waals surface area contributed by atoms with Gasteiger partial charge in [-0.3, -0.25) is 14.6 Å². The van der Waals surface area contributed by atoms with Gasteiger partial charge in [-0.05, 0) is 72.9 Å². The first kappa shape index (κ1) is 26.9. The normalized spacial score (nSPS) is 20.1. The van der Waals surface area contributed by atoms with Gasteiger partial charge in [0.2, 0.25) is 5.91 Å². The van der Waals surface area contributed by atoms with Gasteiger partial charge >= 0.3 is 6.03 Å². The highest BCUT2D eigenvalue weighted by atomic mass is 35.5. The number of hydrogen-bond donors (Lipinski definition) is 0. The molecule has 1 heterocycles. The van der Waals surface area contributed by atoms with Crippen LogP contribution in [0.2, 0.25) is 5.02 Å². The van der Waals surface area contributed by atoms with E-state index in [1.807, 2.05) is 19.1 Å². The molecule has 2 aromatic rings. The van der Waals surface area contributed by atoms with E-state index >= 15 is 0 Å². The first-order chi connectivity index (χ1) is 18.3. The summed E-state index contributed by atoms with van der Waals surface area (Å²) >= 11 is 6.09. The van der Waals surface area contributed by atoms with Crippen molar-refractivity contribution in [3.05, 3.63) is 63.4 Å².